The van der Waals surface area contributed by atoms with Gasteiger partial charge in [-0.15, -0.1) is 0 Å². The third kappa shape index (κ3) is 5.05. The molecular formula is C29H29N3O4. The van der Waals surface area contributed by atoms with Gasteiger partial charge in [0.15, 0.2) is 0 Å². The van der Waals surface area contributed by atoms with Gasteiger partial charge in [-0.1, -0.05) is 36.4 Å². The van der Waals surface area contributed by atoms with Crippen LogP contribution in [-0.4, -0.2) is 36.7 Å². The van der Waals surface area contributed by atoms with E-state index in [1.165, 1.54) is 0 Å². The van der Waals surface area contributed by atoms with Crippen molar-refractivity contribution in [2.75, 3.05) is 19.0 Å². The second-order valence-corrected chi connectivity index (χ2v) is 8.92. The molecule has 1 saturated carbocycles. The van der Waals surface area contributed by atoms with Gasteiger partial charge in [-0.3, -0.25) is 0 Å². The number of hydrogen-bond donors (Lipinski definition) is 3. The number of hydrogen-bond acceptors (Lipinski definition) is 4. The van der Waals surface area contributed by atoms with Crippen LogP contribution in [0.1, 0.15) is 41.4 Å². The van der Waals surface area contributed by atoms with E-state index in [9.17, 15) is 9.59 Å². The number of amides is 2. The molecule has 2 amide bonds. The first-order valence-electron chi connectivity index (χ1n) is 12.2. The standard InChI is InChI=1S/C29H29N3O4/c1-3-36-28(33)27-26(20-8-5-10-22(17-20)31-29(34)30-21-13-14-21)25-19(9-6-12-24(25)32-27)15-18-7-4-11-23(16-18)35-2/h4-12,16-17,21,32H,3,13-15H2,1-2H3,(H2,30,31,34). The Morgan fingerprint density at radius 3 is 2.61 bits per heavy atom. The molecule has 0 saturated heterocycles. The van der Waals surface area contributed by atoms with Crippen molar-refractivity contribution >= 4 is 28.6 Å². The van der Waals surface area contributed by atoms with E-state index in [1.54, 1.807) is 14.0 Å². The number of anilines is 1. The van der Waals surface area contributed by atoms with E-state index in [0.717, 1.165) is 51.7 Å². The third-order valence-electron chi connectivity index (χ3n) is 6.24. The van der Waals surface area contributed by atoms with E-state index in [2.05, 4.69) is 27.8 Å². The van der Waals surface area contributed by atoms with E-state index in [-0.39, 0.29) is 18.7 Å². The Morgan fingerprint density at radius 2 is 1.83 bits per heavy atom. The summed E-state index contributed by atoms with van der Waals surface area (Å²) in [6, 6.07) is 21.6. The van der Waals surface area contributed by atoms with Crippen molar-refractivity contribution in [3.05, 3.63) is 83.6 Å². The zero-order chi connectivity index (χ0) is 25.1. The van der Waals surface area contributed by atoms with Crippen molar-refractivity contribution in [1.29, 1.82) is 0 Å². The molecule has 0 unspecified atom stereocenters. The van der Waals surface area contributed by atoms with Crippen LogP contribution in [0.4, 0.5) is 10.5 Å². The molecule has 0 bridgehead atoms. The summed E-state index contributed by atoms with van der Waals surface area (Å²) < 4.78 is 10.8. The molecule has 36 heavy (non-hydrogen) atoms. The molecule has 7 nitrogen and oxygen atoms in total. The van der Waals surface area contributed by atoms with Crippen molar-refractivity contribution in [1.82, 2.24) is 10.3 Å². The van der Waals surface area contributed by atoms with Crippen LogP contribution in [0.15, 0.2) is 66.7 Å². The minimum absolute atomic E-state index is 0.224. The summed E-state index contributed by atoms with van der Waals surface area (Å²) in [7, 11) is 1.65. The molecule has 1 aliphatic carbocycles. The first kappa shape index (κ1) is 23.5. The molecule has 0 spiro atoms. The Morgan fingerprint density at radius 1 is 1.03 bits per heavy atom. The van der Waals surface area contributed by atoms with E-state index >= 15 is 0 Å². The van der Waals surface area contributed by atoms with Gasteiger partial charge in [0.25, 0.3) is 0 Å². The van der Waals surface area contributed by atoms with Crippen LogP contribution in [0.25, 0.3) is 22.0 Å². The average Bonchev–Trinajstić information content (AvgIpc) is 3.60. The summed E-state index contributed by atoms with van der Waals surface area (Å²) in [4.78, 5) is 28.6. The fraction of sp³-hybridized carbons (Fsp3) is 0.241. The maximum Gasteiger partial charge on any atom is 0.355 e. The lowest BCUT2D eigenvalue weighted by Gasteiger charge is -2.11. The van der Waals surface area contributed by atoms with E-state index in [0.29, 0.717) is 17.8 Å². The van der Waals surface area contributed by atoms with Crippen LogP contribution in [0.2, 0.25) is 0 Å². The van der Waals surface area contributed by atoms with Gasteiger partial charge in [-0.25, -0.2) is 9.59 Å². The van der Waals surface area contributed by atoms with Crippen LogP contribution in [0.5, 0.6) is 5.75 Å². The molecule has 3 N–H and O–H groups in total. The van der Waals surface area contributed by atoms with Crippen LogP contribution in [0.3, 0.4) is 0 Å². The summed E-state index contributed by atoms with van der Waals surface area (Å²) in [5, 5.41) is 6.80. The Labute approximate surface area is 209 Å². The number of methoxy groups -OCH3 is 1. The van der Waals surface area contributed by atoms with Gasteiger partial charge >= 0.3 is 12.0 Å². The number of benzene rings is 3. The molecule has 0 atom stereocenters. The number of nitrogens with one attached hydrogen (secondary N) is 3. The quantitative estimate of drug-likeness (QED) is 0.272. The van der Waals surface area contributed by atoms with Crippen molar-refractivity contribution in [2.24, 2.45) is 0 Å². The minimum Gasteiger partial charge on any atom is -0.497 e. The van der Waals surface area contributed by atoms with Crippen molar-refractivity contribution in [3.8, 4) is 16.9 Å². The summed E-state index contributed by atoms with van der Waals surface area (Å²) in [6.07, 6.45) is 2.69. The number of carbonyl (C=O) groups excluding carboxylic acids is 2. The topological polar surface area (TPSA) is 92.5 Å². The Bertz CT molecular complexity index is 1420. The highest BCUT2D eigenvalue weighted by molar-refractivity contribution is 6.09. The minimum atomic E-state index is -0.416. The van der Waals surface area contributed by atoms with Gasteiger partial charge in [-0.2, -0.15) is 0 Å². The molecule has 0 aliphatic heterocycles. The molecule has 4 aromatic rings. The zero-order valence-electron chi connectivity index (χ0n) is 20.4. The predicted molar refractivity (Wildman–Crippen MR) is 141 cm³/mol. The number of rotatable bonds is 8. The zero-order valence-corrected chi connectivity index (χ0v) is 20.4. The Balaban J connectivity index is 1.60. The molecule has 7 heteroatoms. The Hall–Kier alpha value is -4.26. The molecule has 1 aromatic heterocycles. The SMILES string of the molecule is CCOC(=O)c1[nH]c2cccc(Cc3cccc(OC)c3)c2c1-c1cccc(NC(=O)NC2CC2)c1. The van der Waals surface area contributed by atoms with Crippen molar-refractivity contribution in [3.63, 3.8) is 0 Å². The molecule has 184 valence electrons. The molecule has 5 rings (SSSR count). The first-order valence-corrected chi connectivity index (χ1v) is 12.2. The molecule has 0 radical (unpaired) electrons. The number of ether oxygens (including phenoxy) is 2. The van der Waals surface area contributed by atoms with Crippen LogP contribution < -0.4 is 15.4 Å². The van der Waals surface area contributed by atoms with E-state index in [1.807, 2.05) is 54.6 Å². The molecule has 3 aromatic carbocycles. The number of H-pyrrole nitrogens is 1. The van der Waals surface area contributed by atoms with Crippen LogP contribution >= 0.6 is 0 Å². The summed E-state index contributed by atoms with van der Waals surface area (Å²) in [5.41, 5.74) is 5.62. The largest absolute Gasteiger partial charge is 0.497 e. The second-order valence-electron chi connectivity index (χ2n) is 8.92. The number of carbonyl (C=O) groups is 2. The second kappa shape index (κ2) is 10.2. The molecule has 1 fully saturated rings. The lowest BCUT2D eigenvalue weighted by Crippen LogP contribution is -2.30. The number of urea groups is 1. The first-order chi connectivity index (χ1) is 17.6. The summed E-state index contributed by atoms with van der Waals surface area (Å²) >= 11 is 0. The van der Waals surface area contributed by atoms with Crippen LogP contribution in [-0.2, 0) is 11.2 Å². The van der Waals surface area contributed by atoms with Gasteiger partial charge in [-0.05, 0) is 73.2 Å². The van der Waals surface area contributed by atoms with Crippen LogP contribution in [0, 0.1) is 0 Å². The van der Waals surface area contributed by atoms with Gasteiger partial charge in [0.05, 0.1) is 13.7 Å². The van der Waals surface area contributed by atoms with Gasteiger partial charge in [0.1, 0.15) is 11.4 Å². The number of aromatic nitrogens is 1. The highest BCUT2D eigenvalue weighted by Crippen LogP contribution is 2.37. The summed E-state index contributed by atoms with van der Waals surface area (Å²) in [5.74, 6) is 0.380. The number of aromatic amines is 1. The van der Waals surface area contributed by atoms with Gasteiger partial charge < -0.3 is 25.1 Å². The number of esters is 1. The molecule has 1 aliphatic rings. The predicted octanol–water partition coefficient (Wildman–Crippen LogP) is 5.89. The lowest BCUT2D eigenvalue weighted by atomic mass is 9.94. The molecular weight excluding hydrogens is 454 g/mol. The average molecular weight is 484 g/mol. The highest BCUT2D eigenvalue weighted by atomic mass is 16.5. The Kier molecular flexibility index (Phi) is 6.62. The normalized spacial score (nSPS) is 12.8. The van der Waals surface area contributed by atoms with Crippen molar-refractivity contribution < 1.29 is 19.1 Å². The maximum atomic E-state index is 13.0. The maximum absolute atomic E-state index is 13.0. The van der Waals surface area contributed by atoms with E-state index < -0.39 is 5.97 Å². The van der Waals surface area contributed by atoms with Gasteiger partial charge in [0, 0.05) is 28.2 Å². The third-order valence-corrected chi connectivity index (χ3v) is 6.24. The monoisotopic (exact) mass is 483 g/mol. The fourth-order valence-electron chi connectivity index (χ4n) is 4.45. The number of fused-ring (bicyclic) bond motifs is 1. The fourth-order valence-corrected chi connectivity index (χ4v) is 4.45. The highest BCUT2D eigenvalue weighted by Gasteiger charge is 2.24. The van der Waals surface area contributed by atoms with Gasteiger partial charge in [0.2, 0.25) is 0 Å². The lowest BCUT2D eigenvalue weighted by molar-refractivity contribution is 0.0521. The smallest absolute Gasteiger partial charge is 0.355 e. The summed E-state index contributed by atoms with van der Waals surface area (Å²) in [6.45, 7) is 2.06. The molecule has 1 heterocycles. The van der Waals surface area contributed by atoms with E-state index in [4.69, 9.17) is 9.47 Å². The van der Waals surface area contributed by atoms with Crippen molar-refractivity contribution in [2.45, 2.75) is 32.2 Å².